The standard InChI is InChI=1S/C36H39F2N3O5S/c1-4-26(3)39-36(43)34(23-27-9-7-6-8-10-27)40(24-28-11-13-29(37)14-12-28)35(42)25-41(31-17-19-32(20-18-31)46-5-2)47(44,45)33-21-15-30(38)16-22-33/h6-22,26,34H,4-5,23-25H2,1-3H3,(H,39,43)/t26-,34+/m1/s1. The van der Waals surface area contributed by atoms with Gasteiger partial charge in [0, 0.05) is 19.0 Å². The van der Waals surface area contributed by atoms with Crippen molar-refractivity contribution in [3.05, 3.63) is 126 Å². The third-order valence-corrected chi connectivity index (χ3v) is 9.44. The molecule has 0 aliphatic rings. The summed E-state index contributed by atoms with van der Waals surface area (Å²) in [4.78, 5) is 29.4. The van der Waals surface area contributed by atoms with Gasteiger partial charge in [-0.05, 0) is 92.1 Å². The lowest BCUT2D eigenvalue weighted by Crippen LogP contribution is -2.54. The fourth-order valence-electron chi connectivity index (χ4n) is 4.92. The molecule has 0 aliphatic carbocycles. The first kappa shape index (κ1) is 35.1. The van der Waals surface area contributed by atoms with Crippen LogP contribution in [-0.4, -0.2) is 50.4 Å². The number of halogens is 2. The van der Waals surface area contributed by atoms with Crippen molar-refractivity contribution >= 4 is 27.5 Å². The van der Waals surface area contributed by atoms with Crippen LogP contribution < -0.4 is 14.4 Å². The number of benzene rings is 4. The molecule has 248 valence electrons. The second kappa shape index (κ2) is 16.2. The van der Waals surface area contributed by atoms with Gasteiger partial charge >= 0.3 is 0 Å². The Kier molecular flexibility index (Phi) is 12.1. The van der Waals surface area contributed by atoms with Gasteiger partial charge in [-0.3, -0.25) is 13.9 Å². The van der Waals surface area contributed by atoms with E-state index < -0.39 is 46.1 Å². The maximum absolute atomic E-state index is 14.5. The average Bonchev–Trinajstić information content (AvgIpc) is 3.07. The molecule has 0 unspecified atom stereocenters. The first-order chi connectivity index (χ1) is 22.5. The lowest BCUT2D eigenvalue weighted by Gasteiger charge is -2.34. The van der Waals surface area contributed by atoms with E-state index in [1.165, 1.54) is 41.3 Å². The van der Waals surface area contributed by atoms with Crippen LogP contribution in [0, 0.1) is 11.6 Å². The van der Waals surface area contributed by atoms with Gasteiger partial charge in [0.25, 0.3) is 10.0 Å². The van der Waals surface area contributed by atoms with Crippen LogP contribution in [0.15, 0.2) is 108 Å². The summed E-state index contributed by atoms with van der Waals surface area (Å²) in [6.07, 6.45) is 0.793. The summed E-state index contributed by atoms with van der Waals surface area (Å²) in [6.45, 7) is 5.21. The number of carbonyl (C=O) groups is 2. The molecule has 0 spiro atoms. The summed E-state index contributed by atoms with van der Waals surface area (Å²) in [5.41, 5.74) is 1.50. The summed E-state index contributed by atoms with van der Waals surface area (Å²) < 4.78 is 62.2. The quantitative estimate of drug-likeness (QED) is 0.166. The molecule has 8 nitrogen and oxygen atoms in total. The zero-order valence-electron chi connectivity index (χ0n) is 26.6. The first-order valence-electron chi connectivity index (χ1n) is 15.4. The van der Waals surface area contributed by atoms with Crippen LogP contribution in [0.25, 0.3) is 0 Å². The Bertz CT molecular complexity index is 1720. The lowest BCUT2D eigenvalue weighted by atomic mass is 10.0. The number of anilines is 1. The van der Waals surface area contributed by atoms with Gasteiger partial charge in [0.1, 0.15) is 30.0 Å². The van der Waals surface area contributed by atoms with Crippen LogP contribution in [0.4, 0.5) is 14.5 Å². The van der Waals surface area contributed by atoms with Crippen LogP contribution in [0.1, 0.15) is 38.3 Å². The van der Waals surface area contributed by atoms with Gasteiger partial charge in [-0.25, -0.2) is 17.2 Å². The number of carbonyl (C=O) groups excluding carboxylic acids is 2. The van der Waals surface area contributed by atoms with Crippen molar-refractivity contribution in [1.82, 2.24) is 10.2 Å². The Hall–Kier alpha value is -4.77. The highest BCUT2D eigenvalue weighted by molar-refractivity contribution is 7.92. The molecule has 0 saturated heterocycles. The smallest absolute Gasteiger partial charge is 0.264 e. The van der Waals surface area contributed by atoms with E-state index in [1.54, 1.807) is 12.1 Å². The molecule has 11 heteroatoms. The zero-order valence-corrected chi connectivity index (χ0v) is 27.4. The van der Waals surface area contributed by atoms with E-state index in [2.05, 4.69) is 5.32 Å². The van der Waals surface area contributed by atoms with Crippen LogP contribution in [0.5, 0.6) is 5.75 Å². The number of rotatable bonds is 15. The molecule has 4 rings (SSSR count). The highest BCUT2D eigenvalue weighted by atomic mass is 32.2. The molecule has 0 heterocycles. The van der Waals surface area contributed by atoms with Crippen molar-refractivity contribution < 1.29 is 31.5 Å². The molecule has 0 aliphatic heterocycles. The van der Waals surface area contributed by atoms with Gasteiger partial charge in [-0.15, -0.1) is 0 Å². The minimum atomic E-state index is -4.40. The molecule has 0 saturated carbocycles. The Morgan fingerprint density at radius 2 is 1.40 bits per heavy atom. The topological polar surface area (TPSA) is 96.0 Å². The Balaban J connectivity index is 1.80. The van der Waals surface area contributed by atoms with Gasteiger partial charge < -0.3 is 15.0 Å². The Labute approximate surface area is 275 Å². The molecule has 2 atom stereocenters. The fourth-order valence-corrected chi connectivity index (χ4v) is 6.33. The molecule has 0 bridgehead atoms. The Morgan fingerprint density at radius 1 is 0.809 bits per heavy atom. The van der Waals surface area contributed by atoms with Gasteiger partial charge in [-0.2, -0.15) is 0 Å². The van der Waals surface area contributed by atoms with Gasteiger partial charge in [0.05, 0.1) is 17.2 Å². The number of hydrogen-bond acceptors (Lipinski definition) is 5. The molecule has 0 fully saturated rings. The minimum absolute atomic E-state index is 0.0990. The number of nitrogens with zero attached hydrogens (tertiary/aromatic N) is 2. The number of hydrogen-bond donors (Lipinski definition) is 1. The van der Waals surface area contributed by atoms with Gasteiger partial charge in [0.2, 0.25) is 11.8 Å². The summed E-state index contributed by atoms with van der Waals surface area (Å²) in [5.74, 6) is -1.66. The summed E-state index contributed by atoms with van der Waals surface area (Å²) in [6, 6.07) is 24.0. The SMILES string of the molecule is CCOc1ccc(N(CC(=O)N(Cc2ccc(F)cc2)[C@@H](Cc2ccccc2)C(=O)N[C@H](C)CC)S(=O)(=O)c2ccc(F)cc2)cc1. The van der Waals surface area contributed by atoms with Gasteiger partial charge in [-0.1, -0.05) is 49.4 Å². The Morgan fingerprint density at radius 3 is 1.98 bits per heavy atom. The van der Waals surface area contributed by atoms with E-state index in [1.807, 2.05) is 51.1 Å². The number of nitrogens with one attached hydrogen (secondary N) is 1. The third-order valence-electron chi connectivity index (χ3n) is 7.65. The maximum atomic E-state index is 14.5. The molecular weight excluding hydrogens is 624 g/mol. The second-order valence-electron chi connectivity index (χ2n) is 11.1. The predicted molar refractivity (Wildman–Crippen MR) is 177 cm³/mol. The van der Waals surface area contributed by atoms with Crippen LogP contribution in [-0.2, 0) is 32.6 Å². The highest BCUT2D eigenvalue weighted by Gasteiger charge is 2.35. The molecule has 47 heavy (non-hydrogen) atoms. The van der Waals surface area contributed by atoms with Crippen molar-refractivity contribution in [2.75, 3.05) is 17.5 Å². The van der Waals surface area contributed by atoms with Crippen molar-refractivity contribution in [1.29, 1.82) is 0 Å². The number of amides is 2. The number of ether oxygens (including phenoxy) is 1. The van der Waals surface area contributed by atoms with Crippen molar-refractivity contribution in [3.8, 4) is 5.75 Å². The summed E-state index contributed by atoms with van der Waals surface area (Å²) in [7, 11) is -4.40. The van der Waals surface area contributed by atoms with E-state index in [9.17, 15) is 26.8 Å². The molecule has 0 radical (unpaired) electrons. The molecule has 1 N–H and O–H groups in total. The van der Waals surface area contributed by atoms with E-state index in [4.69, 9.17) is 4.74 Å². The summed E-state index contributed by atoms with van der Waals surface area (Å²) in [5, 5.41) is 2.97. The lowest BCUT2D eigenvalue weighted by molar-refractivity contribution is -0.140. The monoisotopic (exact) mass is 663 g/mol. The second-order valence-corrected chi connectivity index (χ2v) is 12.9. The zero-order chi connectivity index (χ0) is 34.0. The first-order valence-corrected chi connectivity index (χ1v) is 16.8. The van der Waals surface area contributed by atoms with E-state index in [-0.39, 0.29) is 29.6 Å². The van der Waals surface area contributed by atoms with E-state index in [0.717, 1.165) is 34.1 Å². The van der Waals surface area contributed by atoms with Crippen molar-refractivity contribution in [2.24, 2.45) is 0 Å². The van der Waals surface area contributed by atoms with Gasteiger partial charge in [0.15, 0.2) is 0 Å². The molecule has 4 aromatic rings. The van der Waals surface area contributed by atoms with Crippen LogP contribution in [0.3, 0.4) is 0 Å². The number of sulfonamides is 1. The predicted octanol–water partition coefficient (Wildman–Crippen LogP) is 6.11. The normalized spacial score (nSPS) is 12.5. The van der Waals surface area contributed by atoms with Crippen LogP contribution in [0.2, 0.25) is 0 Å². The molecule has 2 amide bonds. The molecule has 0 aromatic heterocycles. The summed E-state index contributed by atoms with van der Waals surface area (Å²) >= 11 is 0. The fraction of sp³-hybridized carbons (Fsp3) is 0.278. The average molecular weight is 664 g/mol. The molecule has 4 aromatic carbocycles. The maximum Gasteiger partial charge on any atom is 0.264 e. The van der Waals surface area contributed by atoms with E-state index in [0.29, 0.717) is 24.3 Å². The van der Waals surface area contributed by atoms with E-state index >= 15 is 0 Å². The minimum Gasteiger partial charge on any atom is -0.494 e. The van der Waals surface area contributed by atoms with Crippen molar-refractivity contribution in [2.45, 2.75) is 57.1 Å². The van der Waals surface area contributed by atoms with Crippen molar-refractivity contribution in [3.63, 3.8) is 0 Å². The molecular formula is C36H39F2N3O5S. The largest absolute Gasteiger partial charge is 0.494 e. The highest BCUT2D eigenvalue weighted by Crippen LogP contribution is 2.27. The van der Waals surface area contributed by atoms with Crippen LogP contribution >= 0.6 is 0 Å². The third kappa shape index (κ3) is 9.38.